The Morgan fingerprint density at radius 3 is 1.48 bits per heavy atom. The molecule has 0 aromatic heterocycles. The molecule has 2 unspecified atom stereocenters. The SMILES string of the molecule is CC(CCc1ccccc1)O[SiH2]OC(C)CCc1ccccc1. The predicted molar refractivity (Wildman–Crippen MR) is 99.2 cm³/mol. The first-order chi connectivity index (χ1) is 11.2. The third kappa shape index (κ3) is 7.60. The molecule has 23 heavy (non-hydrogen) atoms. The molecule has 124 valence electrons. The highest BCUT2D eigenvalue weighted by molar-refractivity contribution is 6.18. The molecule has 0 bridgehead atoms. The van der Waals surface area contributed by atoms with Crippen LogP contribution in [0.1, 0.15) is 37.8 Å². The number of rotatable bonds is 10. The van der Waals surface area contributed by atoms with E-state index in [0.717, 1.165) is 25.7 Å². The molecule has 2 rings (SSSR count). The van der Waals surface area contributed by atoms with Gasteiger partial charge in [0.2, 0.25) is 0 Å². The fourth-order valence-corrected chi connectivity index (χ4v) is 3.34. The van der Waals surface area contributed by atoms with Gasteiger partial charge in [0.25, 0.3) is 0 Å². The summed E-state index contributed by atoms with van der Waals surface area (Å²) < 4.78 is 11.8. The Bertz CT molecular complexity index is 480. The fraction of sp³-hybridized carbons (Fsp3) is 0.400. The Balaban J connectivity index is 1.55. The van der Waals surface area contributed by atoms with E-state index in [1.54, 1.807) is 0 Å². The summed E-state index contributed by atoms with van der Waals surface area (Å²) in [6.07, 6.45) is 4.81. The van der Waals surface area contributed by atoms with Crippen LogP contribution >= 0.6 is 0 Å². The van der Waals surface area contributed by atoms with Crippen LogP contribution in [0.25, 0.3) is 0 Å². The number of hydrogen-bond donors (Lipinski definition) is 0. The van der Waals surface area contributed by atoms with Crippen molar-refractivity contribution in [2.75, 3.05) is 0 Å². The van der Waals surface area contributed by atoms with Crippen molar-refractivity contribution in [3.8, 4) is 0 Å². The molecule has 0 fully saturated rings. The second-order valence-corrected chi connectivity index (χ2v) is 7.02. The van der Waals surface area contributed by atoms with Crippen molar-refractivity contribution in [2.24, 2.45) is 0 Å². The largest absolute Gasteiger partial charge is 0.396 e. The van der Waals surface area contributed by atoms with Gasteiger partial charge in [0.1, 0.15) is 0 Å². The van der Waals surface area contributed by atoms with Crippen LogP contribution in [-0.4, -0.2) is 22.2 Å². The molecule has 0 N–H and O–H groups in total. The third-order valence-electron chi connectivity index (χ3n) is 4.07. The van der Waals surface area contributed by atoms with Gasteiger partial charge in [0, 0.05) is 12.2 Å². The van der Waals surface area contributed by atoms with Crippen molar-refractivity contribution >= 4 is 10.0 Å². The van der Waals surface area contributed by atoms with Crippen LogP contribution in [-0.2, 0) is 21.7 Å². The molecule has 0 amide bonds. The van der Waals surface area contributed by atoms with Gasteiger partial charge < -0.3 is 8.85 Å². The molecule has 2 atom stereocenters. The lowest BCUT2D eigenvalue weighted by Gasteiger charge is -2.17. The van der Waals surface area contributed by atoms with Crippen molar-refractivity contribution in [2.45, 2.75) is 51.7 Å². The van der Waals surface area contributed by atoms with Crippen LogP contribution < -0.4 is 0 Å². The van der Waals surface area contributed by atoms with Crippen LogP contribution in [0.2, 0.25) is 0 Å². The number of benzene rings is 2. The lowest BCUT2D eigenvalue weighted by atomic mass is 10.1. The van der Waals surface area contributed by atoms with Crippen LogP contribution in [0, 0.1) is 0 Å². The van der Waals surface area contributed by atoms with E-state index in [1.807, 2.05) is 0 Å². The molecule has 0 aliphatic carbocycles. The van der Waals surface area contributed by atoms with Gasteiger partial charge in [-0.05, 0) is 50.7 Å². The summed E-state index contributed by atoms with van der Waals surface area (Å²) in [5.41, 5.74) is 2.75. The zero-order valence-electron chi connectivity index (χ0n) is 14.3. The molecule has 2 aromatic rings. The minimum absolute atomic E-state index is 0.281. The summed E-state index contributed by atoms with van der Waals surface area (Å²) in [5, 5.41) is 0. The first-order valence-electron chi connectivity index (χ1n) is 8.55. The van der Waals surface area contributed by atoms with Crippen LogP contribution in [0.3, 0.4) is 0 Å². The fourth-order valence-electron chi connectivity index (χ4n) is 2.47. The molecule has 0 aliphatic heterocycles. The second-order valence-electron chi connectivity index (χ2n) is 6.12. The van der Waals surface area contributed by atoms with E-state index in [1.165, 1.54) is 11.1 Å². The smallest absolute Gasteiger partial charge is 0.304 e. The van der Waals surface area contributed by atoms with E-state index in [0.29, 0.717) is 0 Å². The van der Waals surface area contributed by atoms with E-state index in [9.17, 15) is 0 Å². The Hall–Kier alpha value is -1.42. The van der Waals surface area contributed by atoms with Crippen molar-refractivity contribution in [1.82, 2.24) is 0 Å². The average molecular weight is 329 g/mol. The van der Waals surface area contributed by atoms with Gasteiger partial charge in [-0.15, -0.1) is 0 Å². The van der Waals surface area contributed by atoms with Gasteiger partial charge in [-0.3, -0.25) is 0 Å². The third-order valence-corrected chi connectivity index (χ3v) is 5.48. The molecule has 2 nitrogen and oxygen atoms in total. The van der Waals surface area contributed by atoms with Crippen molar-refractivity contribution in [3.05, 3.63) is 71.8 Å². The number of hydrogen-bond acceptors (Lipinski definition) is 2. The molecule has 0 saturated heterocycles. The van der Waals surface area contributed by atoms with E-state index >= 15 is 0 Å². The normalized spacial score (nSPS) is 14.2. The molecule has 3 heteroatoms. The minimum Gasteiger partial charge on any atom is -0.396 e. The van der Waals surface area contributed by atoms with Gasteiger partial charge in [-0.25, -0.2) is 0 Å². The first kappa shape index (κ1) is 17.9. The zero-order chi connectivity index (χ0) is 16.3. The van der Waals surface area contributed by atoms with Crippen LogP contribution in [0.5, 0.6) is 0 Å². The Morgan fingerprint density at radius 1 is 0.696 bits per heavy atom. The molecule has 0 radical (unpaired) electrons. The molecular weight excluding hydrogens is 300 g/mol. The predicted octanol–water partition coefficient (Wildman–Crippen LogP) is 4.06. The Kier molecular flexibility index (Phi) is 8.08. The maximum atomic E-state index is 5.90. The monoisotopic (exact) mass is 328 g/mol. The van der Waals surface area contributed by atoms with E-state index in [4.69, 9.17) is 8.85 Å². The molecule has 0 heterocycles. The highest BCUT2D eigenvalue weighted by Gasteiger charge is 2.07. The molecule has 0 spiro atoms. The van der Waals surface area contributed by atoms with E-state index in [2.05, 4.69) is 74.5 Å². The van der Waals surface area contributed by atoms with E-state index < -0.39 is 10.0 Å². The lowest BCUT2D eigenvalue weighted by Crippen LogP contribution is -2.20. The molecule has 0 aliphatic rings. The Morgan fingerprint density at radius 2 is 1.09 bits per heavy atom. The lowest BCUT2D eigenvalue weighted by molar-refractivity contribution is 0.126. The minimum atomic E-state index is -0.884. The second kappa shape index (κ2) is 10.4. The quantitative estimate of drug-likeness (QED) is 0.612. The number of aryl methyl sites for hydroxylation is 2. The van der Waals surface area contributed by atoms with Gasteiger partial charge in [-0.2, -0.15) is 0 Å². The van der Waals surface area contributed by atoms with E-state index in [-0.39, 0.29) is 12.2 Å². The summed E-state index contributed by atoms with van der Waals surface area (Å²) >= 11 is 0. The summed E-state index contributed by atoms with van der Waals surface area (Å²) in [6, 6.07) is 21.2. The molecule has 0 saturated carbocycles. The average Bonchev–Trinajstić information content (AvgIpc) is 2.60. The van der Waals surface area contributed by atoms with Crippen molar-refractivity contribution < 1.29 is 8.85 Å². The maximum absolute atomic E-state index is 5.90. The molecular formula is C20H28O2Si. The summed E-state index contributed by atoms with van der Waals surface area (Å²) in [5.74, 6) is 0. The summed E-state index contributed by atoms with van der Waals surface area (Å²) in [4.78, 5) is 0. The molecule has 2 aromatic carbocycles. The van der Waals surface area contributed by atoms with Crippen molar-refractivity contribution in [1.29, 1.82) is 0 Å². The van der Waals surface area contributed by atoms with Gasteiger partial charge in [-0.1, -0.05) is 60.7 Å². The summed E-state index contributed by atoms with van der Waals surface area (Å²) in [7, 11) is -0.884. The van der Waals surface area contributed by atoms with Gasteiger partial charge in [0.05, 0.1) is 0 Å². The topological polar surface area (TPSA) is 18.5 Å². The summed E-state index contributed by atoms with van der Waals surface area (Å²) in [6.45, 7) is 4.29. The van der Waals surface area contributed by atoms with Crippen LogP contribution in [0.4, 0.5) is 0 Å². The van der Waals surface area contributed by atoms with Crippen LogP contribution in [0.15, 0.2) is 60.7 Å². The standard InChI is InChI=1S/C20H28O2Si/c1-17(13-15-19-9-5-3-6-10-19)21-23-22-18(2)14-16-20-11-7-4-8-12-20/h3-12,17-18H,13-16,23H2,1-2H3. The first-order valence-corrected chi connectivity index (χ1v) is 9.70. The van der Waals surface area contributed by atoms with Gasteiger partial charge in [0.15, 0.2) is 0 Å². The van der Waals surface area contributed by atoms with Crippen molar-refractivity contribution in [3.63, 3.8) is 0 Å². The van der Waals surface area contributed by atoms with Gasteiger partial charge >= 0.3 is 10.0 Å². The highest BCUT2D eigenvalue weighted by atomic mass is 28.3. The zero-order valence-corrected chi connectivity index (χ0v) is 15.7. The highest BCUT2D eigenvalue weighted by Crippen LogP contribution is 2.09. The Labute approximate surface area is 142 Å². The maximum Gasteiger partial charge on any atom is 0.304 e.